The van der Waals surface area contributed by atoms with Crippen molar-refractivity contribution in [1.29, 1.82) is 0 Å². The van der Waals surface area contributed by atoms with Gasteiger partial charge in [0.1, 0.15) is 0 Å². The molecule has 0 fully saturated rings. The summed E-state index contributed by atoms with van der Waals surface area (Å²) in [5.74, 6) is 3.00. The minimum absolute atomic E-state index is 0.00560. The monoisotopic (exact) mass is 333 g/mol. The molecule has 0 N–H and O–H groups in total. The molecule has 8 heteroatoms. The predicted molar refractivity (Wildman–Crippen MR) is 86.1 cm³/mol. The van der Waals surface area contributed by atoms with E-state index in [9.17, 15) is 0 Å². The van der Waals surface area contributed by atoms with Gasteiger partial charge in [0.05, 0.1) is 11.5 Å². The molecule has 0 radical (unpaired) electrons. The highest BCUT2D eigenvalue weighted by molar-refractivity contribution is 7.99. The van der Waals surface area contributed by atoms with Crippen LogP contribution in [0.3, 0.4) is 0 Å². The van der Waals surface area contributed by atoms with Gasteiger partial charge < -0.3 is 8.94 Å². The van der Waals surface area contributed by atoms with Crippen LogP contribution in [0.1, 0.15) is 50.6 Å². The normalized spacial score (nSPS) is 12.9. The van der Waals surface area contributed by atoms with Gasteiger partial charge in [-0.05, 0) is 26.0 Å². The molecular formula is C15H19N5O2S. The summed E-state index contributed by atoms with van der Waals surface area (Å²) in [4.78, 5) is 4.44. The van der Waals surface area contributed by atoms with Crippen LogP contribution in [-0.2, 0) is 6.54 Å². The van der Waals surface area contributed by atoms with Gasteiger partial charge in [0.25, 0.3) is 0 Å². The van der Waals surface area contributed by atoms with Gasteiger partial charge in [-0.1, -0.05) is 30.8 Å². The second kappa shape index (κ2) is 6.57. The Morgan fingerprint density at radius 3 is 2.70 bits per heavy atom. The molecule has 0 aromatic carbocycles. The Morgan fingerprint density at radius 2 is 2.09 bits per heavy atom. The number of furan rings is 1. The average molecular weight is 333 g/mol. The van der Waals surface area contributed by atoms with Gasteiger partial charge in [-0.2, -0.15) is 4.98 Å². The SMILES string of the molecule is CCn1c(SC(C)c2nc(C(C)C)no2)nnc1-c1ccco1. The van der Waals surface area contributed by atoms with Crippen LogP contribution in [0.25, 0.3) is 11.6 Å². The second-order valence-electron chi connectivity index (χ2n) is 5.43. The van der Waals surface area contributed by atoms with Crippen molar-refractivity contribution in [2.75, 3.05) is 0 Å². The number of hydrogen-bond donors (Lipinski definition) is 0. The minimum Gasteiger partial charge on any atom is -0.461 e. The molecule has 7 nitrogen and oxygen atoms in total. The zero-order valence-electron chi connectivity index (χ0n) is 13.6. The highest BCUT2D eigenvalue weighted by Gasteiger charge is 2.22. The first-order valence-corrected chi connectivity index (χ1v) is 8.45. The highest BCUT2D eigenvalue weighted by atomic mass is 32.2. The lowest BCUT2D eigenvalue weighted by atomic mass is 10.2. The van der Waals surface area contributed by atoms with Crippen LogP contribution in [-0.4, -0.2) is 24.9 Å². The molecule has 3 aromatic rings. The summed E-state index contributed by atoms with van der Waals surface area (Å²) < 4.78 is 12.8. The molecule has 0 bridgehead atoms. The fourth-order valence-electron chi connectivity index (χ4n) is 2.10. The van der Waals surface area contributed by atoms with E-state index in [-0.39, 0.29) is 11.2 Å². The Balaban J connectivity index is 1.82. The van der Waals surface area contributed by atoms with Crippen molar-refractivity contribution >= 4 is 11.8 Å². The van der Waals surface area contributed by atoms with Gasteiger partial charge in [-0.3, -0.25) is 4.57 Å². The second-order valence-corrected chi connectivity index (χ2v) is 6.74. The summed E-state index contributed by atoms with van der Waals surface area (Å²) in [6.07, 6.45) is 1.63. The molecule has 0 aliphatic carbocycles. The molecule has 3 heterocycles. The van der Waals surface area contributed by atoms with Crippen LogP contribution in [0, 0.1) is 0 Å². The molecule has 1 unspecified atom stereocenters. The van der Waals surface area contributed by atoms with E-state index in [1.54, 1.807) is 18.0 Å². The van der Waals surface area contributed by atoms with Crippen LogP contribution >= 0.6 is 11.8 Å². The van der Waals surface area contributed by atoms with Crippen LogP contribution in [0.4, 0.5) is 0 Å². The van der Waals surface area contributed by atoms with Gasteiger partial charge in [0, 0.05) is 12.5 Å². The molecule has 23 heavy (non-hydrogen) atoms. The van der Waals surface area contributed by atoms with Crippen LogP contribution in [0.15, 0.2) is 32.5 Å². The maximum atomic E-state index is 5.42. The van der Waals surface area contributed by atoms with E-state index in [0.29, 0.717) is 11.7 Å². The lowest BCUT2D eigenvalue weighted by Gasteiger charge is -2.08. The van der Waals surface area contributed by atoms with E-state index in [1.807, 2.05) is 44.4 Å². The van der Waals surface area contributed by atoms with Crippen molar-refractivity contribution in [1.82, 2.24) is 24.9 Å². The van der Waals surface area contributed by atoms with Crippen LogP contribution in [0.2, 0.25) is 0 Å². The van der Waals surface area contributed by atoms with Crippen LogP contribution in [0.5, 0.6) is 0 Å². The summed E-state index contributed by atoms with van der Waals surface area (Å²) in [5.41, 5.74) is 0. The van der Waals surface area contributed by atoms with Crippen LogP contribution < -0.4 is 0 Å². The fourth-order valence-corrected chi connectivity index (χ4v) is 3.05. The quantitative estimate of drug-likeness (QED) is 0.632. The number of nitrogens with zero attached hydrogens (tertiary/aromatic N) is 5. The van der Waals surface area contributed by atoms with Crippen molar-refractivity contribution in [3.05, 3.63) is 30.1 Å². The molecule has 0 aliphatic heterocycles. The third-order valence-electron chi connectivity index (χ3n) is 3.38. The molecule has 3 rings (SSSR count). The molecule has 0 spiro atoms. The predicted octanol–water partition coefficient (Wildman–Crippen LogP) is 3.92. The smallest absolute Gasteiger partial charge is 0.239 e. The number of aromatic nitrogens is 5. The van der Waals surface area contributed by atoms with Crippen molar-refractivity contribution in [3.63, 3.8) is 0 Å². The lowest BCUT2D eigenvalue weighted by Crippen LogP contribution is -2.01. The van der Waals surface area contributed by atoms with Crippen molar-refractivity contribution in [2.45, 2.75) is 50.6 Å². The zero-order valence-corrected chi connectivity index (χ0v) is 14.4. The summed E-state index contributed by atoms with van der Waals surface area (Å²) in [5, 5.41) is 13.3. The van der Waals surface area contributed by atoms with E-state index in [2.05, 4.69) is 20.3 Å². The van der Waals surface area contributed by atoms with E-state index < -0.39 is 0 Å². The van der Waals surface area contributed by atoms with Gasteiger partial charge >= 0.3 is 0 Å². The first kappa shape index (κ1) is 15.8. The minimum atomic E-state index is -0.00560. The zero-order chi connectivity index (χ0) is 16.4. The van der Waals surface area contributed by atoms with Gasteiger partial charge in [0.15, 0.2) is 22.6 Å². The molecular weight excluding hydrogens is 314 g/mol. The lowest BCUT2D eigenvalue weighted by molar-refractivity contribution is 0.373. The van der Waals surface area contributed by atoms with Gasteiger partial charge in [0.2, 0.25) is 5.89 Å². The van der Waals surface area contributed by atoms with Gasteiger partial charge in [-0.15, -0.1) is 10.2 Å². The topological polar surface area (TPSA) is 82.8 Å². The Kier molecular flexibility index (Phi) is 4.51. The molecule has 0 amide bonds. The number of hydrogen-bond acceptors (Lipinski definition) is 7. The largest absolute Gasteiger partial charge is 0.461 e. The molecule has 0 saturated carbocycles. The average Bonchev–Trinajstić information content (AvgIpc) is 3.26. The number of thioether (sulfide) groups is 1. The van der Waals surface area contributed by atoms with E-state index >= 15 is 0 Å². The Hall–Kier alpha value is -2.09. The van der Waals surface area contributed by atoms with Crippen molar-refractivity contribution < 1.29 is 8.94 Å². The molecule has 1 atom stereocenters. The van der Waals surface area contributed by atoms with Gasteiger partial charge in [-0.25, -0.2) is 0 Å². The third-order valence-corrected chi connectivity index (χ3v) is 4.45. The Labute approximate surface area is 138 Å². The molecule has 0 saturated heterocycles. The summed E-state index contributed by atoms with van der Waals surface area (Å²) >= 11 is 1.54. The van der Waals surface area contributed by atoms with Crippen molar-refractivity contribution in [2.24, 2.45) is 0 Å². The van der Waals surface area contributed by atoms with Crippen molar-refractivity contribution in [3.8, 4) is 11.6 Å². The summed E-state index contributed by atoms with van der Waals surface area (Å²) in [6.45, 7) is 8.89. The molecule has 3 aromatic heterocycles. The first-order chi connectivity index (χ1) is 11.1. The first-order valence-electron chi connectivity index (χ1n) is 7.57. The maximum absolute atomic E-state index is 5.42. The summed E-state index contributed by atoms with van der Waals surface area (Å²) in [7, 11) is 0. The van der Waals surface area contributed by atoms with E-state index in [4.69, 9.17) is 8.94 Å². The maximum Gasteiger partial charge on any atom is 0.239 e. The number of rotatable bonds is 6. The highest BCUT2D eigenvalue weighted by Crippen LogP contribution is 2.35. The molecule has 0 aliphatic rings. The Bertz CT molecular complexity index is 763. The molecule has 122 valence electrons. The fraction of sp³-hybridized carbons (Fsp3) is 0.467. The van der Waals surface area contributed by atoms with E-state index in [0.717, 1.165) is 23.4 Å². The van der Waals surface area contributed by atoms with E-state index in [1.165, 1.54) is 0 Å². The third kappa shape index (κ3) is 3.17. The standard InChI is InChI=1S/C15H19N5O2S/c1-5-20-13(11-7-6-8-21-11)17-18-15(20)23-10(4)14-16-12(9(2)3)19-22-14/h6-10H,5H2,1-4H3. The summed E-state index contributed by atoms with van der Waals surface area (Å²) in [6, 6.07) is 3.71. The Morgan fingerprint density at radius 1 is 1.26 bits per heavy atom.